The summed E-state index contributed by atoms with van der Waals surface area (Å²) in [6, 6.07) is -1.04. The second kappa shape index (κ2) is 49.9. The summed E-state index contributed by atoms with van der Waals surface area (Å²) >= 11 is 0. The van der Waals surface area contributed by atoms with E-state index in [2.05, 4.69) is 62.5 Å². The van der Waals surface area contributed by atoms with Gasteiger partial charge in [-0.3, -0.25) is 9.59 Å². The second-order valence-corrected chi connectivity index (χ2v) is 20.4. The molecule has 8 atom stereocenters. The summed E-state index contributed by atoms with van der Waals surface area (Å²) < 4.78 is 17.6. The molecule has 1 amide bonds. The smallest absolute Gasteiger partial charge is 0.306 e. The minimum Gasteiger partial charge on any atom is -0.454 e. The van der Waals surface area contributed by atoms with Crippen molar-refractivity contribution in [2.45, 2.75) is 294 Å². The second-order valence-electron chi connectivity index (χ2n) is 20.4. The Bertz CT molecular complexity index is 1460. The number of amides is 1. The van der Waals surface area contributed by atoms with Crippen LogP contribution in [0.1, 0.15) is 245 Å². The number of aliphatic hydroxyl groups is 5. The minimum atomic E-state index is -1.62. The Hall–Kier alpha value is -2.90. The molecule has 0 spiro atoms. The van der Waals surface area contributed by atoms with Crippen LogP contribution >= 0.6 is 0 Å². The molecule has 0 aromatic rings. The Morgan fingerprint density at radius 1 is 0.562 bits per heavy atom. The maximum Gasteiger partial charge on any atom is 0.306 e. The zero-order valence-electron chi connectivity index (χ0n) is 46.5. The van der Waals surface area contributed by atoms with Gasteiger partial charge in [0, 0.05) is 6.42 Å². The molecule has 0 aromatic carbocycles. The Kier molecular flexibility index (Phi) is 46.6. The van der Waals surface area contributed by atoms with Gasteiger partial charge in [0.15, 0.2) is 12.4 Å². The van der Waals surface area contributed by atoms with Crippen molar-refractivity contribution in [3.05, 3.63) is 72.9 Å². The summed E-state index contributed by atoms with van der Waals surface area (Å²) in [4.78, 5) is 26.5. The van der Waals surface area contributed by atoms with E-state index in [0.717, 1.165) is 89.9 Å². The highest BCUT2D eigenvalue weighted by atomic mass is 16.7. The first-order valence-electron chi connectivity index (χ1n) is 29.7. The summed E-state index contributed by atoms with van der Waals surface area (Å²) in [5, 5.41) is 56.8. The van der Waals surface area contributed by atoms with Crippen LogP contribution in [0.5, 0.6) is 0 Å². The summed E-state index contributed by atoms with van der Waals surface area (Å²) in [5.74, 6) is -1.22. The van der Waals surface area contributed by atoms with Gasteiger partial charge in [0.2, 0.25) is 5.91 Å². The molecular formula is C62H109NO10. The molecule has 1 saturated heterocycles. The van der Waals surface area contributed by atoms with Crippen molar-refractivity contribution in [1.29, 1.82) is 0 Å². The lowest BCUT2D eigenvalue weighted by molar-refractivity contribution is -0.305. The highest BCUT2D eigenvalue weighted by Gasteiger charge is 2.47. The Labute approximate surface area is 445 Å². The van der Waals surface area contributed by atoms with Gasteiger partial charge >= 0.3 is 5.97 Å². The Balaban J connectivity index is 2.71. The van der Waals surface area contributed by atoms with Gasteiger partial charge in [-0.25, -0.2) is 0 Å². The number of unbranched alkanes of at least 4 members (excludes halogenated alkanes) is 27. The summed E-state index contributed by atoms with van der Waals surface area (Å²) in [5.41, 5.74) is 0. The van der Waals surface area contributed by atoms with Gasteiger partial charge < -0.3 is 45.1 Å². The van der Waals surface area contributed by atoms with E-state index >= 15 is 0 Å². The van der Waals surface area contributed by atoms with Crippen molar-refractivity contribution in [1.82, 2.24) is 5.32 Å². The first kappa shape index (κ1) is 68.1. The zero-order valence-corrected chi connectivity index (χ0v) is 46.5. The van der Waals surface area contributed by atoms with Crippen molar-refractivity contribution in [2.24, 2.45) is 0 Å². The Morgan fingerprint density at radius 2 is 1.04 bits per heavy atom. The van der Waals surface area contributed by atoms with Gasteiger partial charge in [-0.05, 0) is 77.0 Å². The van der Waals surface area contributed by atoms with E-state index in [0.29, 0.717) is 12.8 Å². The number of ether oxygens (including phenoxy) is 3. The van der Waals surface area contributed by atoms with Gasteiger partial charge in [-0.2, -0.15) is 0 Å². The van der Waals surface area contributed by atoms with Gasteiger partial charge in [0.05, 0.1) is 25.4 Å². The molecule has 0 saturated carbocycles. The lowest BCUT2D eigenvalue weighted by Crippen LogP contribution is -2.61. The van der Waals surface area contributed by atoms with Crippen molar-refractivity contribution in [3.8, 4) is 0 Å². The van der Waals surface area contributed by atoms with Gasteiger partial charge in [-0.1, -0.05) is 235 Å². The molecule has 1 heterocycles. The molecule has 11 nitrogen and oxygen atoms in total. The van der Waals surface area contributed by atoms with Crippen LogP contribution in [-0.4, -0.2) is 99.6 Å². The number of allylic oxidation sites excluding steroid dienone is 11. The van der Waals surface area contributed by atoms with Crippen molar-refractivity contribution in [2.75, 3.05) is 13.2 Å². The van der Waals surface area contributed by atoms with Crippen molar-refractivity contribution >= 4 is 11.9 Å². The molecule has 11 heteroatoms. The third kappa shape index (κ3) is 38.3. The summed E-state index contributed by atoms with van der Waals surface area (Å²) in [6.07, 6.45) is 52.3. The average molecular weight is 1030 g/mol. The molecule has 0 radical (unpaired) electrons. The standard InChI is InChI=1S/C62H109NO10/c1-4-7-10-13-16-19-22-25-26-27-28-29-30-32-35-38-41-44-47-50-57(67)73-60-59(69)58(68)56(51-64)72-62(60)71-52-53(54(65)48-45-42-39-36-34-31-23-20-17-14-11-8-5-2)63-61(70)55(66)49-46-43-40-37-33-24-21-18-15-12-9-6-3/h9,12,15-16,18-19,21,24-26,45,48,53-56,58-60,62,64-66,68-69H,4-8,10-11,13-14,17,20,22-23,27-44,46-47,49-52H2,1-3H3,(H,63,70)/b12-9+,18-15+,19-16-,24-21-,26-25-,48-45+. The molecule has 8 unspecified atom stereocenters. The predicted molar refractivity (Wildman–Crippen MR) is 301 cm³/mol. The molecule has 0 bridgehead atoms. The van der Waals surface area contributed by atoms with Crippen LogP contribution in [0.4, 0.5) is 0 Å². The quantitative estimate of drug-likeness (QED) is 0.0149. The predicted octanol–water partition coefficient (Wildman–Crippen LogP) is 13.6. The fourth-order valence-electron chi connectivity index (χ4n) is 8.92. The number of nitrogens with one attached hydrogen (secondary N) is 1. The molecule has 73 heavy (non-hydrogen) atoms. The van der Waals surface area contributed by atoms with E-state index in [1.807, 2.05) is 30.4 Å². The van der Waals surface area contributed by atoms with Crippen LogP contribution in [0.25, 0.3) is 0 Å². The molecular weight excluding hydrogens is 919 g/mol. The maximum atomic E-state index is 13.4. The summed E-state index contributed by atoms with van der Waals surface area (Å²) in [6.45, 7) is 5.61. The molecule has 0 aromatic heterocycles. The number of aliphatic hydroxyl groups excluding tert-OH is 5. The number of esters is 1. The van der Waals surface area contributed by atoms with Crippen LogP contribution in [0, 0.1) is 0 Å². The van der Waals surface area contributed by atoms with Crippen molar-refractivity contribution in [3.63, 3.8) is 0 Å². The lowest BCUT2D eigenvalue weighted by atomic mass is 9.99. The van der Waals surface area contributed by atoms with E-state index in [4.69, 9.17) is 14.2 Å². The van der Waals surface area contributed by atoms with E-state index in [9.17, 15) is 35.1 Å². The van der Waals surface area contributed by atoms with Crippen molar-refractivity contribution < 1.29 is 49.3 Å². The number of carbonyl (C=O) groups is 2. The molecule has 1 aliphatic heterocycles. The Morgan fingerprint density at radius 3 is 1.60 bits per heavy atom. The van der Waals surface area contributed by atoms with E-state index in [1.54, 1.807) is 6.08 Å². The fourth-order valence-corrected chi connectivity index (χ4v) is 8.92. The van der Waals surface area contributed by atoms with Crippen LogP contribution in [0.15, 0.2) is 72.9 Å². The van der Waals surface area contributed by atoms with E-state index < -0.39 is 67.4 Å². The number of carbonyl (C=O) groups excluding carboxylic acids is 2. The normalized spacial score (nSPS) is 19.9. The average Bonchev–Trinajstić information content (AvgIpc) is 3.39. The molecule has 6 N–H and O–H groups in total. The molecule has 1 fully saturated rings. The first-order valence-corrected chi connectivity index (χ1v) is 29.7. The highest BCUT2D eigenvalue weighted by molar-refractivity contribution is 5.80. The van der Waals surface area contributed by atoms with E-state index in [-0.39, 0.29) is 19.4 Å². The van der Waals surface area contributed by atoms with Crippen LogP contribution in [-0.2, 0) is 23.8 Å². The largest absolute Gasteiger partial charge is 0.454 e. The third-order valence-corrected chi connectivity index (χ3v) is 13.7. The SMILES string of the molecule is CC/C=C/C=C/C=C\CCCCCCC(O)C(=O)NC(COC1OC(CO)C(O)C(O)C1OC(=O)CCCCCCCCCCC/C=C\C/C=C\CCCCC)C(O)/C=C/CCCCCCCCCCCCC. The van der Waals surface area contributed by atoms with Gasteiger partial charge in [0.1, 0.15) is 24.4 Å². The van der Waals surface area contributed by atoms with Gasteiger partial charge in [-0.15, -0.1) is 0 Å². The first-order chi connectivity index (χ1) is 35.7. The summed E-state index contributed by atoms with van der Waals surface area (Å²) in [7, 11) is 0. The molecule has 1 aliphatic rings. The highest BCUT2D eigenvalue weighted by Crippen LogP contribution is 2.26. The third-order valence-electron chi connectivity index (χ3n) is 13.7. The maximum absolute atomic E-state index is 13.4. The van der Waals surface area contributed by atoms with Crippen LogP contribution < -0.4 is 5.32 Å². The number of hydrogen-bond acceptors (Lipinski definition) is 10. The topological polar surface area (TPSA) is 175 Å². The van der Waals surface area contributed by atoms with Crippen LogP contribution in [0.2, 0.25) is 0 Å². The number of hydrogen-bond donors (Lipinski definition) is 6. The molecule has 1 rings (SSSR count). The fraction of sp³-hybridized carbons (Fsp3) is 0.774. The van der Waals surface area contributed by atoms with Crippen LogP contribution in [0.3, 0.4) is 0 Å². The van der Waals surface area contributed by atoms with E-state index in [1.165, 1.54) is 109 Å². The monoisotopic (exact) mass is 1030 g/mol. The lowest BCUT2D eigenvalue weighted by Gasteiger charge is -2.41. The van der Waals surface area contributed by atoms with Gasteiger partial charge in [0.25, 0.3) is 0 Å². The zero-order chi connectivity index (χ0) is 53.3. The minimum absolute atomic E-state index is 0.114. The molecule has 422 valence electrons. The number of rotatable bonds is 49. The molecule has 0 aliphatic carbocycles.